The summed E-state index contributed by atoms with van der Waals surface area (Å²) in [7, 11) is 0. The molecule has 1 saturated carbocycles. The van der Waals surface area contributed by atoms with Gasteiger partial charge in [0.15, 0.2) is 0 Å². The highest BCUT2D eigenvalue weighted by molar-refractivity contribution is 5.78. The van der Waals surface area contributed by atoms with Crippen molar-refractivity contribution in [3.05, 3.63) is 76.2 Å². The van der Waals surface area contributed by atoms with Crippen LogP contribution < -0.4 is 10.9 Å². The number of hydrogen-bond donors (Lipinski definition) is 2. The molecule has 2 heterocycles. The first-order valence-electron chi connectivity index (χ1n) is 11.7. The van der Waals surface area contributed by atoms with E-state index >= 15 is 0 Å². The molecule has 9 nitrogen and oxygen atoms in total. The van der Waals surface area contributed by atoms with E-state index in [2.05, 4.69) is 31.6 Å². The summed E-state index contributed by atoms with van der Waals surface area (Å²) in [5, 5.41) is 21.1. The molecular weight excluding hydrogens is 444 g/mol. The van der Waals surface area contributed by atoms with Crippen molar-refractivity contribution in [2.45, 2.75) is 50.5 Å². The van der Waals surface area contributed by atoms with Crippen molar-refractivity contribution in [3.63, 3.8) is 0 Å². The van der Waals surface area contributed by atoms with Crippen LogP contribution in [0.3, 0.4) is 0 Å². The van der Waals surface area contributed by atoms with E-state index in [4.69, 9.17) is 9.68 Å². The summed E-state index contributed by atoms with van der Waals surface area (Å²) in [5.74, 6) is 1.61. The van der Waals surface area contributed by atoms with Crippen LogP contribution >= 0.6 is 0 Å². The summed E-state index contributed by atoms with van der Waals surface area (Å²) < 4.78 is 5.90. The molecule has 5 rings (SSSR count). The van der Waals surface area contributed by atoms with Gasteiger partial charge >= 0.3 is 0 Å². The summed E-state index contributed by atoms with van der Waals surface area (Å²) in [6.07, 6.45) is 3.95. The number of aromatic nitrogens is 4. The minimum atomic E-state index is -0.189. The first kappa shape index (κ1) is 22.5. The maximum absolute atomic E-state index is 12.5. The van der Waals surface area contributed by atoms with Crippen molar-refractivity contribution >= 4 is 16.8 Å². The van der Waals surface area contributed by atoms with Gasteiger partial charge in [-0.3, -0.25) is 9.59 Å². The third kappa shape index (κ3) is 5.11. The van der Waals surface area contributed by atoms with Crippen LogP contribution in [0.1, 0.15) is 55.3 Å². The number of amides is 1. The molecule has 0 saturated heterocycles. The average molecular weight is 469 g/mol. The number of carbonyl (C=O) groups excluding carboxylic acids is 1. The predicted octanol–water partition coefficient (Wildman–Crippen LogP) is 3.62. The van der Waals surface area contributed by atoms with E-state index in [1.165, 1.54) is 0 Å². The van der Waals surface area contributed by atoms with Gasteiger partial charge in [0.25, 0.3) is 5.56 Å². The molecule has 1 fully saturated rings. The number of carbonyl (C=O) groups is 1. The molecule has 0 unspecified atom stereocenters. The fourth-order valence-corrected chi connectivity index (χ4v) is 4.51. The second kappa shape index (κ2) is 9.89. The Morgan fingerprint density at radius 2 is 1.94 bits per heavy atom. The van der Waals surface area contributed by atoms with Crippen LogP contribution in [0.15, 0.2) is 57.7 Å². The van der Waals surface area contributed by atoms with Crippen LogP contribution in [0.5, 0.6) is 0 Å². The fourth-order valence-electron chi connectivity index (χ4n) is 4.51. The number of nitrogens with zero attached hydrogens (tertiary/aromatic N) is 4. The Balaban J connectivity index is 1.12. The third-order valence-electron chi connectivity index (χ3n) is 6.37. The van der Waals surface area contributed by atoms with Crippen molar-refractivity contribution in [1.29, 1.82) is 5.26 Å². The molecule has 9 heteroatoms. The van der Waals surface area contributed by atoms with Crippen LogP contribution in [0.4, 0.5) is 0 Å². The Hall–Kier alpha value is -4.32. The largest absolute Gasteiger partial charge is 0.420 e. The summed E-state index contributed by atoms with van der Waals surface area (Å²) in [6, 6.07) is 16.5. The van der Waals surface area contributed by atoms with Gasteiger partial charge in [-0.2, -0.15) is 5.26 Å². The number of benzene rings is 2. The minimum Gasteiger partial charge on any atom is -0.420 e. The lowest BCUT2D eigenvalue weighted by Gasteiger charge is -2.27. The average Bonchev–Trinajstić information content (AvgIpc) is 3.38. The molecule has 2 aromatic heterocycles. The topological polar surface area (TPSA) is 138 Å². The van der Waals surface area contributed by atoms with Gasteiger partial charge < -0.3 is 14.7 Å². The Labute approximate surface area is 201 Å². The molecule has 0 radical (unpaired) electrons. The van der Waals surface area contributed by atoms with Crippen LogP contribution in [-0.4, -0.2) is 32.1 Å². The number of H-pyrrole nitrogens is 1. The van der Waals surface area contributed by atoms with Crippen LogP contribution in [0, 0.1) is 11.3 Å². The summed E-state index contributed by atoms with van der Waals surface area (Å²) >= 11 is 0. The lowest BCUT2D eigenvalue weighted by atomic mass is 9.86. The molecule has 0 atom stereocenters. The third-order valence-corrected chi connectivity index (χ3v) is 6.37. The van der Waals surface area contributed by atoms with E-state index in [0.29, 0.717) is 40.5 Å². The lowest BCUT2D eigenvalue weighted by molar-refractivity contribution is -0.122. The molecule has 0 aliphatic heterocycles. The molecule has 1 amide bonds. The van der Waals surface area contributed by atoms with Gasteiger partial charge in [0, 0.05) is 30.4 Å². The van der Waals surface area contributed by atoms with E-state index in [1.54, 1.807) is 36.4 Å². The second-order valence-corrected chi connectivity index (χ2v) is 8.78. The smallest absolute Gasteiger partial charge is 0.258 e. The number of aryl methyl sites for hydroxylation is 1. The van der Waals surface area contributed by atoms with Crippen molar-refractivity contribution in [2.24, 2.45) is 0 Å². The number of para-hydroxylation sites is 1. The summed E-state index contributed by atoms with van der Waals surface area (Å²) in [5.41, 5.74) is 1.71. The Kier molecular flexibility index (Phi) is 6.35. The fraction of sp³-hybridized carbons (Fsp3) is 0.308. The van der Waals surface area contributed by atoms with Crippen LogP contribution in [0.2, 0.25) is 0 Å². The maximum atomic E-state index is 12.5. The quantitative estimate of drug-likeness (QED) is 0.441. The Bertz CT molecular complexity index is 1460. The lowest BCUT2D eigenvalue weighted by Crippen LogP contribution is -2.37. The number of hydrogen-bond acceptors (Lipinski definition) is 7. The Morgan fingerprint density at radius 3 is 2.77 bits per heavy atom. The Morgan fingerprint density at radius 1 is 1.11 bits per heavy atom. The number of nitriles is 1. The first-order valence-corrected chi connectivity index (χ1v) is 11.7. The molecule has 2 N–H and O–H groups in total. The molecule has 1 aliphatic carbocycles. The van der Waals surface area contributed by atoms with E-state index < -0.39 is 0 Å². The molecule has 0 spiro atoms. The number of fused-ring (bicyclic) bond motifs is 1. The highest BCUT2D eigenvalue weighted by atomic mass is 16.4. The van der Waals surface area contributed by atoms with Crippen LogP contribution in [0.25, 0.3) is 22.4 Å². The van der Waals surface area contributed by atoms with E-state index in [0.717, 1.165) is 31.2 Å². The number of nitrogens with one attached hydrogen (secondary N) is 2. The molecular formula is C26H24N6O3. The second-order valence-electron chi connectivity index (χ2n) is 8.78. The number of aromatic amines is 1. The first-order chi connectivity index (χ1) is 17.1. The molecule has 4 aromatic rings. The SMILES string of the molecule is N#Cc1cccc(-c2nnc(C3CCC(NC(=O)CCc4nc5ccccc5c(=O)[nH]4)CC3)o2)c1. The molecule has 1 aliphatic rings. The van der Waals surface area contributed by atoms with Gasteiger partial charge in [-0.1, -0.05) is 18.2 Å². The van der Waals surface area contributed by atoms with Crippen molar-refractivity contribution in [3.8, 4) is 17.5 Å². The van der Waals surface area contributed by atoms with Gasteiger partial charge in [-0.05, 0) is 56.0 Å². The molecule has 176 valence electrons. The molecule has 35 heavy (non-hydrogen) atoms. The van der Waals surface area contributed by atoms with Crippen LogP contribution in [-0.2, 0) is 11.2 Å². The highest BCUT2D eigenvalue weighted by Crippen LogP contribution is 2.33. The van der Waals surface area contributed by atoms with Crippen molar-refractivity contribution in [2.75, 3.05) is 0 Å². The van der Waals surface area contributed by atoms with Gasteiger partial charge in [0.05, 0.1) is 22.5 Å². The van der Waals surface area contributed by atoms with Gasteiger partial charge in [-0.25, -0.2) is 4.98 Å². The number of rotatable bonds is 6. The zero-order valence-electron chi connectivity index (χ0n) is 19.0. The monoisotopic (exact) mass is 468 g/mol. The van der Waals surface area contributed by atoms with Crippen molar-refractivity contribution < 1.29 is 9.21 Å². The summed E-state index contributed by atoms with van der Waals surface area (Å²) in [6.45, 7) is 0. The van der Waals surface area contributed by atoms with E-state index in [9.17, 15) is 9.59 Å². The van der Waals surface area contributed by atoms with E-state index in [1.807, 2.05) is 12.1 Å². The van der Waals surface area contributed by atoms with Gasteiger partial charge in [-0.15, -0.1) is 10.2 Å². The van der Waals surface area contributed by atoms with Gasteiger partial charge in [0.1, 0.15) is 5.82 Å². The highest BCUT2D eigenvalue weighted by Gasteiger charge is 2.27. The van der Waals surface area contributed by atoms with Gasteiger partial charge in [0.2, 0.25) is 17.7 Å². The zero-order valence-corrected chi connectivity index (χ0v) is 19.0. The standard InChI is InChI=1S/C26H24N6O3/c27-15-16-4-3-5-18(14-16)26-32-31-25(35-26)17-8-10-19(11-9-17)28-23(33)13-12-22-29-21-7-2-1-6-20(21)24(34)30-22/h1-7,14,17,19H,8-13H2,(H,28,33)(H,29,30,34). The maximum Gasteiger partial charge on any atom is 0.258 e. The minimum absolute atomic E-state index is 0.0540. The van der Waals surface area contributed by atoms with E-state index in [-0.39, 0.29) is 29.8 Å². The molecule has 2 aromatic carbocycles. The zero-order chi connectivity index (χ0) is 24.2. The molecule has 0 bridgehead atoms. The summed E-state index contributed by atoms with van der Waals surface area (Å²) in [4.78, 5) is 31.9. The predicted molar refractivity (Wildman–Crippen MR) is 128 cm³/mol. The van der Waals surface area contributed by atoms with Crippen molar-refractivity contribution in [1.82, 2.24) is 25.5 Å². The normalized spacial score (nSPS) is 17.7.